The third-order valence-corrected chi connectivity index (χ3v) is 4.32. The number of ether oxygens (including phenoxy) is 2. The number of hydrogen-bond donors (Lipinski definition) is 1. The zero-order valence-electron chi connectivity index (χ0n) is 13.7. The maximum Gasteiger partial charge on any atom is 0.508 e. The molecule has 23 heavy (non-hydrogen) atoms. The molecule has 1 aromatic carbocycles. The Hall–Kier alpha value is -1.81. The maximum atomic E-state index is 11.4. The fourth-order valence-corrected chi connectivity index (χ4v) is 2.94. The molecule has 1 N–H and O–H groups in total. The van der Waals surface area contributed by atoms with Crippen LogP contribution in [0.25, 0.3) is 0 Å². The molecular weight excluding hydrogens is 292 g/mol. The first-order valence-corrected chi connectivity index (χ1v) is 8.31. The second-order valence-corrected chi connectivity index (χ2v) is 6.16. The van der Waals surface area contributed by atoms with E-state index in [9.17, 15) is 9.90 Å². The van der Waals surface area contributed by atoms with Crippen LogP contribution in [0.15, 0.2) is 42.5 Å². The Morgan fingerprint density at radius 1 is 1.26 bits per heavy atom. The SMILES string of the molecule is COC(=O)OC(/C=C\C1(O)CCCCC1)CCc1ccccc1. The van der Waals surface area contributed by atoms with Crippen molar-refractivity contribution in [1.82, 2.24) is 0 Å². The normalized spacial score (nSPS) is 18.5. The Bertz CT molecular complexity index is 503. The summed E-state index contributed by atoms with van der Waals surface area (Å²) in [6.07, 6.45) is 8.78. The maximum absolute atomic E-state index is 11.4. The molecular formula is C19H26O4. The van der Waals surface area contributed by atoms with Gasteiger partial charge in [0, 0.05) is 0 Å². The number of hydrogen-bond acceptors (Lipinski definition) is 4. The largest absolute Gasteiger partial charge is 0.508 e. The number of carbonyl (C=O) groups is 1. The highest BCUT2D eigenvalue weighted by Gasteiger charge is 2.26. The van der Waals surface area contributed by atoms with Crippen molar-refractivity contribution in [2.24, 2.45) is 0 Å². The predicted molar refractivity (Wildman–Crippen MR) is 89.2 cm³/mol. The van der Waals surface area contributed by atoms with Gasteiger partial charge in [0.1, 0.15) is 6.10 Å². The van der Waals surface area contributed by atoms with E-state index in [0.29, 0.717) is 6.42 Å². The van der Waals surface area contributed by atoms with Crippen molar-refractivity contribution in [2.75, 3.05) is 7.11 Å². The lowest BCUT2D eigenvalue weighted by Crippen LogP contribution is -2.29. The van der Waals surface area contributed by atoms with Crippen LogP contribution in [0.1, 0.15) is 44.1 Å². The van der Waals surface area contributed by atoms with Gasteiger partial charge in [-0.2, -0.15) is 0 Å². The van der Waals surface area contributed by atoms with E-state index in [1.54, 1.807) is 0 Å². The highest BCUT2D eigenvalue weighted by Crippen LogP contribution is 2.29. The first-order valence-electron chi connectivity index (χ1n) is 8.31. The Kier molecular flexibility index (Phi) is 6.66. The lowest BCUT2D eigenvalue weighted by molar-refractivity contribution is 0.0407. The molecule has 1 fully saturated rings. The van der Waals surface area contributed by atoms with Crippen molar-refractivity contribution in [1.29, 1.82) is 0 Å². The van der Waals surface area contributed by atoms with Gasteiger partial charge in [0.25, 0.3) is 0 Å². The molecule has 4 nitrogen and oxygen atoms in total. The van der Waals surface area contributed by atoms with E-state index in [0.717, 1.165) is 32.1 Å². The van der Waals surface area contributed by atoms with Crippen LogP contribution in [0.3, 0.4) is 0 Å². The number of carbonyl (C=O) groups excluding carboxylic acids is 1. The molecule has 0 bridgehead atoms. The van der Waals surface area contributed by atoms with Gasteiger partial charge in [-0.3, -0.25) is 0 Å². The highest BCUT2D eigenvalue weighted by molar-refractivity contribution is 5.60. The third-order valence-electron chi connectivity index (χ3n) is 4.32. The van der Waals surface area contributed by atoms with Crippen molar-refractivity contribution in [3.8, 4) is 0 Å². The number of aryl methyl sites for hydroxylation is 1. The quantitative estimate of drug-likeness (QED) is 0.636. The van der Waals surface area contributed by atoms with Gasteiger partial charge in [-0.25, -0.2) is 4.79 Å². The van der Waals surface area contributed by atoms with Crippen molar-refractivity contribution in [3.63, 3.8) is 0 Å². The number of aliphatic hydroxyl groups is 1. The summed E-state index contributed by atoms with van der Waals surface area (Å²) in [7, 11) is 1.30. The average Bonchev–Trinajstić information content (AvgIpc) is 2.58. The summed E-state index contributed by atoms with van der Waals surface area (Å²) in [6, 6.07) is 10.1. The van der Waals surface area contributed by atoms with E-state index >= 15 is 0 Å². The number of benzene rings is 1. The zero-order chi connectivity index (χ0) is 16.5. The summed E-state index contributed by atoms with van der Waals surface area (Å²) in [5.41, 5.74) is 0.429. The Morgan fingerprint density at radius 3 is 2.61 bits per heavy atom. The molecule has 0 saturated heterocycles. The Morgan fingerprint density at radius 2 is 1.96 bits per heavy atom. The second kappa shape index (κ2) is 8.73. The summed E-state index contributed by atoms with van der Waals surface area (Å²) in [6.45, 7) is 0. The Labute approximate surface area is 138 Å². The number of methoxy groups -OCH3 is 1. The fourth-order valence-electron chi connectivity index (χ4n) is 2.94. The topological polar surface area (TPSA) is 55.8 Å². The van der Waals surface area contributed by atoms with E-state index in [-0.39, 0.29) is 0 Å². The van der Waals surface area contributed by atoms with E-state index in [1.807, 2.05) is 42.5 Å². The van der Waals surface area contributed by atoms with Gasteiger partial charge < -0.3 is 14.6 Å². The van der Waals surface area contributed by atoms with Gasteiger partial charge in [-0.1, -0.05) is 55.7 Å². The molecule has 1 aromatic rings. The van der Waals surface area contributed by atoms with Crippen molar-refractivity contribution in [2.45, 2.75) is 56.7 Å². The monoisotopic (exact) mass is 318 g/mol. The first-order chi connectivity index (χ1) is 11.1. The summed E-state index contributed by atoms with van der Waals surface area (Å²) in [5.74, 6) is 0. The zero-order valence-corrected chi connectivity index (χ0v) is 13.7. The molecule has 0 radical (unpaired) electrons. The first kappa shape index (κ1) is 17.5. The molecule has 0 amide bonds. The van der Waals surface area contributed by atoms with Crippen LogP contribution in [0.4, 0.5) is 4.79 Å². The van der Waals surface area contributed by atoms with Crippen LogP contribution in [0.2, 0.25) is 0 Å². The molecule has 4 heteroatoms. The number of rotatable bonds is 6. The van der Waals surface area contributed by atoms with E-state index in [2.05, 4.69) is 4.74 Å². The molecule has 1 aliphatic carbocycles. The van der Waals surface area contributed by atoms with Gasteiger partial charge in [-0.15, -0.1) is 0 Å². The van der Waals surface area contributed by atoms with Crippen LogP contribution in [0.5, 0.6) is 0 Å². The average molecular weight is 318 g/mol. The van der Waals surface area contributed by atoms with Gasteiger partial charge >= 0.3 is 6.16 Å². The molecule has 2 rings (SSSR count). The van der Waals surface area contributed by atoms with Crippen LogP contribution in [0, 0.1) is 0 Å². The minimum absolute atomic E-state index is 0.395. The molecule has 0 aromatic heterocycles. The minimum atomic E-state index is -0.761. The lowest BCUT2D eigenvalue weighted by Gasteiger charge is -2.29. The molecule has 1 unspecified atom stereocenters. The van der Waals surface area contributed by atoms with Crippen molar-refractivity contribution >= 4 is 6.16 Å². The van der Waals surface area contributed by atoms with Gasteiger partial charge in [0.2, 0.25) is 0 Å². The van der Waals surface area contributed by atoms with Crippen LogP contribution >= 0.6 is 0 Å². The molecule has 1 aliphatic rings. The minimum Gasteiger partial charge on any atom is -0.438 e. The second-order valence-electron chi connectivity index (χ2n) is 6.16. The van der Waals surface area contributed by atoms with E-state index in [4.69, 9.17) is 4.74 Å². The molecule has 0 heterocycles. The van der Waals surface area contributed by atoms with Gasteiger partial charge in [0.05, 0.1) is 12.7 Å². The summed E-state index contributed by atoms with van der Waals surface area (Å²) in [5, 5.41) is 10.5. The van der Waals surface area contributed by atoms with Gasteiger partial charge in [0.15, 0.2) is 0 Å². The van der Waals surface area contributed by atoms with Gasteiger partial charge in [-0.05, 0) is 37.3 Å². The van der Waals surface area contributed by atoms with E-state index in [1.165, 1.54) is 19.1 Å². The summed E-state index contributed by atoms with van der Waals surface area (Å²) in [4.78, 5) is 11.4. The van der Waals surface area contributed by atoms with Crippen LogP contribution in [-0.2, 0) is 15.9 Å². The van der Waals surface area contributed by atoms with Crippen molar-refractivity contribution in [3.05, 3.63) is 48.0 Å². The highest BCUT2D eigenvalue weighted by atomic mass is 16.7. The summed E-state index contributed by atoms with van der Waals surface area (Å²) < 4.78 is 9.89. The smallest absolute Gasteiger partial charge is 0.438 e. The fraction of sp³-hybridized carbons (Fsp3) is 0.526. The van der Waals surface area contributed by atoms with E-state index < -0.39 is 17.9 Å². The van der Waals surface area contributed by atoms with Crippen molar-refractivity contribution < 1.29 is 19.4 Å². The summed E-state index contributed by atoms with van der Waals surface area (Å²) >= 11 is 0. The molecule has 126 valence electrons. The van der Waals surface area contributed by atoms with Crippen LogP contribution < -0.4 is 0 Å². The predicted octanol–water partition coefficient (Wildman–Crippen LogP) is 4.02. The molecule has 0 aliphatic heterocycles. The molecule has 1 atom stereocenters. The van der Waals surface area contributed by atoms with Crippen LogP contribution in [-0.4, -0.2) is 30.1 Å². The lowest BCUT2D eigenvalue weighted by atomic mass is 9.84. The standard InChI is InChI=1S/C19H26O4/c1-22-18(20)23-17(11-10-16-8-4-2-5-9-16)12-15-19(21)13-6-3-7-14-19/h2,4-5,8-9,12,15,17,21H,3,6-7,10-11,13-14H2,1H3/b15-12-. The Balaban J connectivity index is 1.96. The molecule has 1 saturated carbocycles. The third kappa shape index (κ3) is 6.06. The molecule has 0 spiro atoms.